The number of aromatic nitrogens is 1. The smallest absolute Gasteiger partial charge is 0.0932 e. The fourth-order valence-electron chi connectivity index (χ4n) is 1.73. The molecule has 0 fully saturated rings. The van der Waals surface area contributed by atoms with Crippen LogP contribution < -0.4 is 5.32 Å². The summed E-state index contributed by atoms with van der Waals surface area (Å²) in [6, 6.07) is 4.16. The van der Waals surface area contributed by atoms with Crippen molar-refractivity contribution in [2.75, 3.05) is 26.9 Å². The summed E-state index contributed by atoms with van der Waals surface area (Å²) in [5, 5.41) is 3.35. The monoisotopic (exact) mass is 252 g/mol. The number of methoxy groups -OCH3 is 1. The lowest BCUT2D eigenvalue weighted by molar-refractivity contribution is 0.00484. The zero-order chi connectivity index (χ0) is 13.4. The lowest BCUT2D eigenvalue weighted by atomic mass is 10.2. The molecule has 0 spiro atoms. The van der Waals surface area contributed by atoms with Crippen molar-refractivity contribution in [3.63, 3.8) is 0 Å². The molecule has 1 aromatic rings. The van der Waals surface area contributed by atoms with Crippen LogP contribution in [0.4, 0.5) is 0 Å². The first-order valence-corrected chi connectivity index (χ1v) is 6.41. The van der Waals surface area contributed by atoms with Gasteiger partial charge in [-0.1, -0.05) is 6.07 Å². The van der Waals surface area contributed by atoms with Gasteiger partial charge in [-0.2, -0.15) is 0 Å². The van der Waals surface area contributed by atoms with Gasteiger partial charge < -0.3 is 14.8 Å². The molecule has 1 atom stereocenters. The molecule has 0 aromatic carbocycles. The van der Waals surface area contributed by atoms with Crippen LogP contribution in [0.3, 0.4) is 0 Å². The fraction of sp³-hybridized carbons (Fsp3) is 0.643. The summed E-state index contributed by atoms with van der Waals surface area (Å²) < 4.78 is 10.7. The Morgan fingerprint density at radius 1 is 1.33 bits per heavy atom. The van der Waals surface area contributed by atoms with E-state index in [0.717, 1.165) is 24.5 Å². The van der Waals surface area contributed by atoms with E-state index < -0.39 is 0 Å². The molecular weight excluding hydrogens is 228 g/mol. The normalized spacial score (nSPS) is 12.7. The third-order valence-corrected chi connectivity index (χ3v) is 2.84. The van der Waals surface area contributed by atoms with E-state index in [0.29, 0.717) is 13.2 Å². The first-order chi connectivity index (χ1) is 8.67. The number of nitrogens with zero attached hydrogens (tertiary/aromatic N) is 1. The molecule has 1 N–H and O–H groups in total. The molecule has 102 valence electrons. The van der Waals surface area contributed by atoms with Gasteiger partial charge in [-0.3, -0.25) is 4.98 Å². The van der Waals surface area contributed by atoms with Crippen LogP contribution >= 0.6 is 0 Å². The SMILES string of the molecule is CCOC(CNCc1ccc(C)c(C)n1)COC. The third-order valence-electron chi connectivity index (χ3n) is 2.84. The third kappa shape index (κ3) is 5.12. The van der Waals surface area contributed by atoms with Gasteiger partial charge in [0.1, 0.15) is 0 Å². The quantitative estimate of drug-likeness (QED) is 0.766. The second-order valence-corrected chi connectivity index (χ2v) is 4.37. The molecular formula is C14H24N2O2. The van der Waals surface area contributed by atoms with Gasteiger partial charge in [-0.05, 0) is 32.4 Å². The van der Waals surface area contributed by atoms with Gasteiger partial charge in [0.05, 0.1) is 18.4 Å². The predicted octanol–water partition coefficient (Wildman–Crippen LogP) is 1.84. The number of hydrogen-bond donors (Lipinski definition) is 1. The average molecular weight is 252 g/mol. The molecule has 0 amide bonds. The van der Waals surface area contributed by atoms with Gasteiger partial charge >= 0.3 is 0 Å². The second kappa shape index (κ2) is 8.19. The first-order valence-electron chi connectivity index (χ1n) is 6.41. The van der Waals surface area contributed by atoms with Crippen LogP contribution in [0, 0.1) is 13.8 Å². The maximum atomic E-state index is 5.56. The highest BCUT2D eigenvalue weighted by molar-refractivity contribution is 5.20. The molecule has 18 heavy (non-hydrogen) atoms. The van der Waals surface area contributed by atoms with Gasteiger partial charge in [-0.25, -0.2) is 0 Å². The van der Waals surface area contributed by atoms with Gasteiger partial charge in [0, 0.05) is 32.5 Å². The molecule has 1 rings (SSSR count). The van der Waals surface area contributed by atoms with Crippen LogP contribution in [0.1, 0.15) is 23.9 Å². The Kier molecular flexibility index (Phi) is 6.86. The Labute approximate surface area is 110 Å². The number of hydrogen-bond acceptors (Lipinski definition) is 4. The van der Waals surface area contributed by atoms with E-state index in [2.05, 4.69) is 29.4 Å². The van der Waals surface area contributed by atoms with Gasteiger partial charge in [0.25, 0.3) is 0 Å². The van der Waals surface area contributed by atoms with Crippen LogP contribution in [-0.4, -0.2) is 38.0 Å². The highest BCUT2D eigenvalue weighted by atomic mass is 16.5. The number of rotatable bonds is 8. The highest BCUT2D eigenvalue weighted by Crippen LogP contribution is 2.04. The van der Waals surface area contributed by atoms with Crippen molar-refractivity contribution in [2.45, 2.75) is 33.4 Å². The highest BCUT2D eigenvalue weighted by Gasteiger charge is 2.07. The van der Waals surface area contributed by atoms with E-state index in [-0.39, 0.29) is 6.10 Å². The van der Waals surface area contributed by atoms with E-state index in [1.165, 1.54) is 5.56 Å². The standard InChI is InChI=1S/C14H24N2O2/c1-5-18-14(10-17-4)9-15-8-13-7-6-11(2)12(3)16-13/h6-7,14-15H,5,8-10H2,1-4H3. The number of pyridine rings is 1. The largest absolute Gasteiger partial charge is 0.382 e. The van der Waals surface area contributed by atoms with E-state index >= 15 is 0 Å². The number of ether oxygens (including phenoxy) is 2. The summed E-state index contributed by atoms with van der Waals surface area (Å²) in [4.78, 5) is 4.53. The average Bonchev–Trinajstić information content (AvgIpc) is 2.34. The van der Waals surface area contributed by atoms with Gasteiger partial charge in [0.2, 0.25) is 0 Å². The molecule has 0 aliphatic carbocycles. The molecule has 0 aliphatic heterocycles. The minimum atomic E-state index is 0.103. The fourth-order valence-corrected chi connectivity index (χ4v) is 1.73. The maximum Gasteiger partial charge on any atom is 0.0932 e. The molecule has 1 heterocycles. The first kappa shape index (κ1) is 15.1. The van der Waals surface area contributed by atoms with Crippen molar-refractivity contribution in [3.05, 3.63) is 29.1 Å². The van der Waals surface area contributed by atoms with Crippen molar-refractivity contribution in [1.82, 2.24) is 10.3 Å². The number of aryl methyl sites for hydroxylation is 2. The van der Waals surface area contributed by atoms with Crippen LogP contribution in [-0.2, 0) is 16.0 Å². The Hall–Kier alpha value is -0.970. The summed E-state index contributed by atoms with van der Waals surface area (Å²) >= 11 is 0. The van der Waals surface area contributed by atoms with Gasteiger partial charge in [0.15, 0.2) is 0 Å². The minimum Gasteiger partial charge on any atom is -0.382 e. The van der Waals surface area contributed by atoms with E-state index in [1.807, 2.05) is 13.8 Å². The van der Waals surface area contributed by atoms with Gasteiger partial charge in [-0.15, -0.1) is 0 Å². The van der Waals surface area contributed by atoms with Crippen molar-refractivity contribution >= 4 is 0 Å². The summed E-state index contributed by atoms with van der Waals surface area (Å²) in [5.74, 6) is 0. The minimum absolute atomic E-state index is 0.103. The van der Waals surface area contributed by atoms with E-state index in [1.54, 1.807) is 7.11 Å². The second-order valence-electron chi connectivity index (χ2n) is 4.37. The zero-order valence-corrected chi connectivity index (χ0v) is 11.8. The van der Waals surface area contributed by atoms with Crippen LogP contribution in [0.5, 0.6) is 0 Å². The molecule has 0 saturated heterocycles. The Bertz CT molecular complexity index is 350. The molecule has 0 aliphatic rings. The molecule has 0 bridgehead atoms. The lowest BCUT2D eigenvalue weighted by Crippen LogP contribution is -2.32. The van der Waals surface area contributed by atoms with Crippen molar-refractivity contribution in [3.8, 4) is 0 Å². The predicted molar refractivity (Wildman–Crippen MR) is 72.7 cm³/mol. The Morgan fingerprint density at radius 3 is 2.72 bits per heavy atom. The molecule has 0 saturated carbocycles. The molecule has 4 heteroatoms. The molecule has 1 aromatic heterocycles. The molecule has 4 nitrogen and oxygen atoms in total. The van der Waals surface area contributed by atoms with E-state index in [4.69, 9.17) is 9.47 Å². The molecule has 0 radical (unpaired) electrons. The Balaban J connectivity index is 2.37. The summed E-state index contributed by atoms with van der Waals surface area (Å²) in [5.41, 5.74) is 3.38. The van der Waals surface area contributed by atoms with Crippen molar-refractivity contribution in [1.29, 1.82) is 0 Å². The molecule has 1 unspecified atom stereocenters. The van der Waals surface area contributed by atoms with Crippen LogP contribution in [0.15, 0.2) is 12.1 Å². The van der Waals surface area contributed by atoms with Crippen molar-refractivity contribution in [2.24, 2.45) is 0 Å². The van der Waals surface area contributed by atoms with Crippen LogP contribution in [0.2, 0.25) is 0 Å². The van der Waals surface area contributed by atoms with Crippen LogP contribution in [0.25, 0.3) is 0 Å². The zero-order valence-electron chi connectivity index (χ0n) is 11.8. The maximum absolute atomic E-state index is 5.56. The lowest BCUT2D eigenvalue weighted by Gasteiger charge is -2.16. The summed E-state index contributed by atoms with van der Waals surface area (Å²) in [6.07, 6.45) is 0.103. The summed E-state index contributed by atoms with van der Waals surface area (Å²) in [6.45, 7) is 8.95. The number of nitrogens with one attached hydrogen (secondary N) is 1. The Morgan fingerprint density at radius 2 is 2.11 bits per heavy atom. The van der Waals surface area contributed by atoms with Crippen molar-refractivity contribution < 1.29 is 9.47 Å². The topological polar surface area (TPSA) is 43.4 Å². The summed E-state index contributed by atoms with van der Waals surface area (Å²) in [7, 11) is 1.69. The van der Waals surface area contributed by atoms with E-state index in [9.17, 15) is 0 Å².